The Hall–Kier alpha value is -1.50. The van der Waals surface area contributed by atoms with Crippen LogP contribution in [0.4, 0.5) is 0 Å². The minimum absolute atomic E-state index is 0.0600. The zero-order chi connectivity index (χ0) is 14.0. The van der Waals surface area contributed by atoms with Gasteiger partial charge in [-0.15, -0.1) is 5.10 Å². The summed E-state index contributed by atoms with van der Waals surface area (Å²) < 4.78 is 3.85. The molecular weight excluding hydrogens is 266 g/mol. The molecule has 1 aliphatic rings. The maximum absolute atomic E-state index is 12.4. The SMILES string of the molecule is CC(C)c1nnsc1C(=O)N1CCC(CC(=O)O)C1. The topological polar surface area (TPSA) is 83.4 Å². The largest absolute Gasteiger partial charge is 0.481 e. The minimum Gasteiger partial charge on any atom is -0.481 e. The Kier molecular flexibility index (Phi) is 4.14. The molecule has 0 spiro atoms. The van der Waals surface area contributed by atoms with E-state index in [9.17, 15) is 9.59 Å². The summed E-state index contributed by atoms with van der Waals surface area (Å²) in [6.45, 7) is 5.09. The Morgan fingerprint density at radius 1 is 1.53 bits per heavy atom. The number of carbonyl (C=O) groups is 2. The van der Waals surface area contributed by atoms with Crippen molar-refractivity contribution in [2.75, 3.05) is 13.1 Å². The number of aromatic nitrogens is 2. The molecule has 1 aromatic rings. The number of amides is 1. The molecule has 0 saturated carbocycles. The predicted octanol–water partition coefficient (Wildman–Crippen LogP) is 1.60. The second-order valence-corrected chi connectivity index (χ2v) is 5.90. The summed E-state index contributed by atoms with van der Waals surface area (Å²) in [4.78, 5) is 25.4. The van der Waals surface area contributed by atoms with E-state index in [-0.39, 0.29) is 24.2 Å². The molecule has 1 fully saturated rings. The molecule has 1 aliphatic heterocycles. The Labute approximate surface area is 115 Å². The Morgan fingerprint density at radius 3 is 2.89 bits per heavy atom. The summed E-state index contributed by atoms with van der Waals surface area (Å²) in [7, 11) is 0. The lowest BCUT2D eigenvalue weighted by molar-refractivity contribution is -0.138. The average Bonchev–Trinajstić information content (AvgIpc) is 2.94. The highest BCUT2D eigenvalue weighted by atomic mass is 32.1. The third kappa shape index (κ3) is 3.09. The molecule has 0 aromatic carbocycles. The van der Waals surface area contributed by atoms with E-state index in [0.717, 1.165) is 23.6 Å². The fourth-order valence-electron chi connectivity index (χ4n) is 2.30. The molecule has 1 atom stereocenters. The van der Waals surface area contributed by atoms with Crippen LogP contribution < -0.4 is 0 Å². The van der Waals surface area contributed by atoms with Crippen molar-refractivity contribution >= 4 is 23.4 Å². The highest BCUT2D eigenvalue weighted by Gasteiger charge is 2.31. The Morgan fingerprint density at radius 2 is 2.26 bits per heavy atom. The molecule has 2 heterocycles. The van der Waals surface area contributed by atoms with Gasteiger partial charge in [0.2, 0.25) is 0 Å². The van der Waals surface area contributed by atoms with E-state index in [1.807, 2.05) is 13.8 Å². The van der Waals surface area contributed by atoms with Crippen molar-refractivity contribution in [2.24, 2.45) is 5.92 Å². The van der Waals surface area contributed by atoms with Gasteiger partial charge in [-0.25, -0.2) is 0 Å². The third-order valence-corrected chi connectivity index (χ3v) is 4.02. The first-order chi connectivity index (χ1) is 8.99. The first-order valence-corrected chi connectivity index (χ1v) is 7.09. The zero-order valence-electron chi connectivity index (χ0n) is 11.0. The van der Waals surface area contributed by atoms with E-state index in [4.69, 9.17) is 5.11 Å². The lowest BCUT2D eigenvalue weighted by Crippen LogP contribution is -2.29. The monoisotopic (exact) mass is 283 g/mol. The van der Waals surface area contributed by atoms with Gasteiger partial charge in [0.25, 0.3) is 5.91 Å². The fourth-order valence-corrected chi connectivity index (χ4v) is 3.09. The number of likely N-dealkylation sites (tertiary alicyclic amines) is 1. The first-order valence-electron chi connectivity index (χ1n) is 6.32. The summed E-state index contributed by atoms with van der Waals surface area (Å²) in [5.74, 6) is -0.645. The van der Waals surface area contributed by atoms with E-state index in [1.165, 1.54) is 0 Å². The maximum atomic E-state index is 12.4. The van der Waals surface area contributed by atoms with Gasteiger partial charge < -0.3 is 10.0 Å². The van der Waals surface area contributed by atoms with Crippen LogP contribution in [-0.2, 0) is 4.79 Å². The smallest absolute Gasteiger partial charge is 0.303 e. The van der Waals surface area contributed by atoms with Crippen molar-refractivity contribution in [1.82, 2.24) is 14.5 Å². The summed E-state index contributed by atoms with van der Waals surface area (Å²) in [5, 5.41) is 12.8. The zero-order valence-corrected chi connectivity index (χ0v) is 11.8. The molecule has 1 aromatic heterocycles. The van der Waals surface area contributed by atoms with Gasteiger partial charge in [-0.2, -0.15) is 0 Å². The van der Waals surface area contributed by atoms with Gasteiger partial charge >= 0.3 is 5.97 Å². The molecule has 1 unspecified atom stereocenters. The van der Waals surface area contributed by atoms with Crippen LogP contribution in [0.3, 0.4) is 0 Å². The summed E-state index contributed by atoms with van der Waals surface area (Å²) >= 11 is 1.12. The minimum atomic E-state index is -0.804. The van der Waals surface area contributed by atoms with Gasteiger partial charge in [-0.3, -0.25) is 9.59 Å². The number of hydrogen-bond acceptors (Lipinski definition) is 5. The van der Waals surface area contributed by atoms with Crippen molar-refractivity contribution in [2.45, 2.75) is 32.6 Å². The molecule has 104 valence electrons. The molecule has 19 heavy (non-hydrogen) atoms. The van der Waals surface area contributed by atoms with Gasteiger partial charge in [0, 0.05) is 19.5 Å². The van der Waals surface area contributed by atoms with E-state index < -0.39 is 5.97 Å². The first kappa shape index (κ1) is 13.9. The Balaban J connectivity index is 2.05. The van der Waals surface area contributed by atoms with E-state index in [0.29, 0.717) is 18.0 Å². The number of aliphatic carboxylic acids is 1. The highest BCUT2D eigenvalue weighted by molar-refractivity contribution is 7.08. The molecule has 1 amide bonds. The van der Waals surface area contributed by atoms with Crippen molar-refractivity contribution in [3.8, 4) is 0 Å². The van der Waals surface area contributed by atoms with Crippen LogP contribution in [-0.4, -0.2) is 44.6 Å². The van der Waals surface area contributed by atoms with Crippen molar-refractivity contribution in [1.29, 1.82) is 0 Å². The number of nitrogens with zero attached hydrogens (tertiary/aromatic N) is 3. The molecule has 1 saturated heterocycles. The van der Waals surface area contributed by atoms with Crippen LogP contribution in [0.25, 0.3) is 0 Å². The molecule has 1 N–H and O–H groups in total. The second kappa shape index (κ2) is 5.64. The van der Waals surface area contributed by atoms with Crippen LogP contribution >= 0.6 is 11.5 Å². The van der Waals surface area contributed by atoms with Crippen LogP contribution in [0.1, 0.15) is 48.0 Å². The number of carbonyl (C=O) groups excluding carboxylic acids is 1. The number of carboxylic acids is 1. The van der Waals surface area contributed by atoms with Crippen molar-refractivity contribution in [3.05, 3.63) is 10.6 Å². The van der Waals surface area contributed by atoms with E-state index >= 15 is 0 Å². The van der Waals surface area contributed by atoms with Gasteiger partial charge in [0.1, 0.15) is 4.88 Å². The van der Waals surface area contributed by atoms with Crippen LogP contribution in [0, 0.1) is 5.92 Å². The van der Waals surface area contributed by atoms with Crippen LogP contribution in [0.2, 0.25) is 0 Å². The number of hydrogen-bond donors (Lipinski definition) is 1. The average molecular weight is 283 g/mol. The maximum Gasteiger partial charge on any atom is 0.303 e. The second-order valence-electron chi connectivity index (χ2n) is 5.15. The fraction of sp³-hybridized carbons (Fsp3) is 0.667. The normalized spacial score (nSPS) is 19.1. The quantitative estimate of drug-likeness (QED) is 0.907. The molecule has 7 heteroatoms. The van der Waals surface area contributed by atoms with Gasteiger partial charge in [-0.05, 0) is 29.8 Å². The van der Waals surface area contributed by atoms with Crippen LogP contribution in [0.5, 0.6) is 0 Å². The lowest BCUT2D eigenvalue weighted by atomic mass is 10.1. The molecule has 2 rings (SSSR count). The van der Waals surface area contributed by atoms with Gasteiger partial charge in [0.15, 0.2) is 0 Å². The number of rotatable bonds is 4. The standard InChI is InChI=1S/C12H17N3O3S/c1-7(2)10-11(19-14-13-10)12(18)15-4-3-8(6-15)5-9(16)17/h7-8H,3-6H2,1-2H3,(H,16,17). The van der Waals surface area contributed by atoms with E-state index in [2.05, 4.69) is 9.59 Å². The summed E-state index contributed by atoms with van der Waals surface area (Å²) in [5.41, 5.74) is 0.733. The molecule has 0 aliphatic carbocycles. The van der Waals surface area contributed by atoms with Crippen molar-refractivity contribution < 1.29 is 14.7 Å². The molecule has 6 nitrogen and oxygen atoms in total. The number of carboxylic acid groups (broad SMARTS) is 1. The van der Waals surface area contributed by atoms with Gasteiger partial charge in [-0.1, -0.05) is 18.3 Å². The van der Waals surface area contributed by atoms with Crippen LogP contribution in [0.15, 0.2) is 0 Å². The Bertz CT molecular complexity index is 486. The molecular formula is C12H17N3O3S. The third-order valence-electron chi connectivity index (χ3n) is 3.29. The highest BCUT2D eigenvalue weighted by Crippen LogP contribution is 2.26. The molecule has 0 bridgehead atoms. The van der Waals surface area contributed by atoms with E-state index in [1.54, 1.807) is 4.90 Å². The lowest BCUT2D eigenvalue weighted by Gasteiger charge is -2.16. The summed E-state index contributed by atoms with van der Waals surface area (Å²) in [6.07, 6.45) is 0.878. The van der Waals surface area contributed by atoms with Crippen molar-refractivity contribution in [3.63, 3.8) is 0 Å². The predicted molar refractivity (Wildman–Crippen MR) is 70.3 cm³/mol. The molecule has 0 radical (unpaired) electrons. The van der Waals surface area contributed by atoms with Gasteiger partial charge in [0.05, 0.1) is 5.69 Å². The summed E-state index contributed by atoms with van der Waals surface area (Å²) in [6, 6.07) is 0.